The molecule has 1 rings (SSSR count). The summed E-state index contributed by atoms with van der Waals surface area (Å²) in [7, 11) is 1.33. The van der Waals surface area contributed by atoms with E-state index in [4.69, 9.17) is 4.74 Å². The number of amides is 1. The summed E-state index contributed by atoms with van der Waals surface area (Å²) in [6, 6.07) is 0. The maximum Gasteiger partial charge on any atom is 0.407 e. The third kappa shape index (κ3) is 5.69. The summed E-state index contributed by atoms with van der Waals surface area (Å²) >= 11 is 1.25. The van der Waals surface area contributed by atoms with Crippen LogP contribution in [-0.2, 0) is 15.9 Å². The molecule has 0 atom stereocenters. The number of esters is 1. The molecule has 0 unspecified atom stereocenters. The number of nitrogens with zero attached hydrogens (tertiary/aromatic N) is 1. The number of methoxy groups -OCH3 is 1. The molecule has 7 heteroatoms. The normalized spacial score (nSPS) is 10.9. The average molecular weight is 286 g/mol. The van der Waals surface area contributed by atoms with Gasteiger partial charge in [0, 0.05) is 13.0 Å². The minimum Gasteiger partial charge on any atom is -0.465 e. The van der Waals surface area contributed by atoms with Gasteiger partial charge in [0.25, 0.3) is 0 Å². The van der Waals surface area contributed by atoms with Crippen LogP contribution < -0.4 is 5.32 Å². The average Bonchev–Trinajstić information content (AvgIpc) is 2.74. The van der Waals surface area contributed by atoms with Gasteiger partial charge in [-0.25, -0.2) is 14.6 Å². The monoisotopic (exact) mass is 286 g/mol. The Labute approximate surface area is 116 Å². The molecule has 0 fully saturated rings. The second-order valence-electron chi connectivity index (χ2n) is 4.79. The maximum atomic E-state index is 11.4. The first-order valence-corrected chi connectivity index (χ1v) is 6.63. The molecule has 6 nitrogen and oxygen atoms in total. The van der Waals surface area contributed by atoms with Gasteiger partial charge in [-0.15, -0.1) is 11.3 Å². The van der Waals surface area contributed by atoms with Crippen molar-refractivity contribution in [1.29, 1.82) is 0 Å². The van der Waals surface area contributed by atoms with Crippen LogP contribution in [-0.4, -0.2) is 36.3 Å². The Bertz CT molecular complexity index is 451. The predicted molar refractivity (Wildman–Crippen MR) is 71.4 cm³/mol. The summed E-state index contributed by atoms with van der Waals surface area (Å²) < 4.78 is 9.68. The van der Waals surface area contributed by atoms with Gasteiger partial charge in [-0.3, -0.25) is 0 Å². The van der Waals surface area contributed by atoms with E-state index in [0.29, 0.717) is 17.8 Å². The molecule has 106 valence electrons. The molecule has 1 heterocycles. The molecule has 0 aliphatic carbocycles. The molecule has 19 heavy (non-hydrogen) atoms. The fraction of sp³-hybridized carbons (Fsp3) is 0.583. The Kier molecular flexibility index (Phi) is 5.29. The number of carbonyl (C=O) groups is 2. The van der Waals surface area contributed by atoms with Gasteiger partial charge in [0.1, 0.15) is 10.5 Å². The molecule has 0 aliphatic rings. The molecule has 1 aromatic rings. The van der Waals surface area contributed by atoms with E-state index in [-0.39, 0.29) is 0 Å². The summed E-state index contributed by atoms with van der Waals surface area (Å²) in [5.41, 5.74) is -0.511. The quantitative estimate of drug-likeness (QED) is 0.857. The zero-order valence-electron chi connectivity index (χ0n) is 11.5. The van der Waals surface area contributed by atoms with Crippen molar-refractivity contribution in [3.8, 4) is 0 Å². The number of alkyl carbamates (subject to hydrolysis) is 1. The largest absolute Gasteiger partial charge is 0.465 e. The number of carbonyl (C=O) groups excluding carboxylic acids is 2. The Morgan fingerprint density at radius 1 is 1.42 bits per heavy atom. The Morgan fingerprint density at radius 2 is 2.11 bits per heavy atom. The third-order valence-corrected chi connectivity index (χ3v) is 2.98. The Morgan fingerprint density at radius 3 is 2.68 bits per heavy atom. The lowest BCUT2D eigenvalue weighted by molar-refractivity contribution is 0.0527. The molecule has 0 saturated carbocycles. The molecule has 0 saturated heterocycles. The number of thiazole rings is 1. The topological polar surface area (TPSA) is 77.5 Å². The van der Waals surface area contributed by atoms with Crippen molar-refractivity contribution in [3.05, 3.63) is 16.1 Å². The van der Waals surface area contributed by atoms with Gasteiger partial charge in [-0.2, -0.15) is 0 Å². The van der Waals surface area contributed by atoms with E-state index in [1.807, 2.05) is 0 Å². The molecular formula is C12H18N2O4S. The number of rotatable bonds is 4. The van der Waals surface area contributed by atoms with Crippen LogP contribution in [0.3, 0.4) is 0 Å². The molecular weight excluding hydrogens is 268 g/mol. The van der Waals surface area contributed by atoms with Crippen LogP contribution in [0, 0.1) is 0 Å². The van der Waals surface area contributed by atoms with Crippen LogP contribution >= 0.6 is 11.3 Å². The van der Waals surface area contributed by atoms with Crippen molar-refractivity contribution in [2.24, 2.45) is 0 Å². The highest BCUT2D eigenvalue weighted by molar-refractivity contribution is 7.13. The molecule has 1 amide bonds. The molecule has 0 bridgehead atoms. The van der Waals surface area contributed by atoms with E-state index in [9.17, 15) is 9.59 Å². The van der Waals surface area contributed by atoms with Crippen LogP contribution in [0.15, 0.2) is 6.20 Å². The summed E-state index contributed by atoms with van der Waals surface area (Å²) in [4.78, 5) is 27.1. The highest BCUT2D eigenvalue weighted by atomic mass is 32.1. The van der Waals surface area contributed by atoms with E-state index >= 15 is 0 Å². The Hall–Kier alpha value is -1.63. The van der Waals surface area contributed by atoms with Crippen molar-refractivity contribution < 1.29 is 19.1 Å². The fourth-order valence-corrected chi connectivity index (χ4v) is 2.04. The SMILES string of the molecule is COC(=O)c1cnc(CCNC(=O)OC(C)(C)C)s1. The van der Waals surface area contributed by atoms with E-state index in [0.717, 1.165) is 5.01 Å². The minimum atomic E-state index is -0.511. The van der Waals surface area contributed by atoms with E-state index in [1.165, 1.54) is 24.6 Å². The molecule has 1 N–H and O–H groups in total. The number of ether oxygens (including phenoxy) is 2. The van der Waals surface area contributed by atoms with Crippen LogP contribution in [0.4, 0.5) is 4.79 Å². The zero-order valence-corrected chi connectivity index (χ0v) is 12.3. The summed E-state index contributed by atoms with van der Waals surface area (Å²) in [6.45, 7) is 5.81. The first kappa shape index (κ1) is 15.4. The van der Waals surface area contributed by atoms with Gasteiger partial charge in [0.05, 0.1) is 18.3 Å². The Balaban J connectivity index is 2.35. The van der Waals surface area contributed by atoms with Gasteiger partial charge in [0.15, 0.2) is 0 Å². The number of hydrogen-bond acceptors (Lipinski definition) is 6. The van der Waals surface area contributed by atoms with Gasteiger partial charge in [-0.1, -0.05) is 0 Å². The highest BCUT2D eigenvalue weighted by Gasteiger charge is 2.16. The van der Waals surface area contributed by atoms with E-state index in [1.54, 1.807) is 20.8 Å². The summed E-state index contributed by atoms with van der Waals surface area (Å²) in [5, 5.41) is 3.39. The third-order valence-electron chi connectivity index (χ3n) is 1.95. The molecule has 0 aliphatic heterocycles. The van der Waals surface area contributed by atoms with Crippen LogP contribution in [0.25, 0.3) is 0 Å². The highest BCUT2D eigenvalue weighted by Crippen LogP contribution is 2.14. The first-order chi connectivity index (χ1) is 8.81. The van der Waals surface area contributed by atoms with Crippen molar-refractivity contribution in [1.82, 2.24) is 10.3 Å². The fourth-order valence-electron chi connectivity index (χ4n) is 1.21. The maximum absolute atomic E-state index is 11.4. The summed E-state index contributed by atoms with van der Waals surface area (Å²) in [5.74, 6) is -0.399. The first-order valence-electron chi connectivity index (χ1n) is 5.81. The van der Waals surface area contributed by atoms with Crippen LogP contribution in [0.1, 0.15) is 35.5 Å². The van der Waals surface area contributed by atoms with Gasteiger partial charge >= 0.3 is 12.1 Å². The van der Waals surface area contributed by atoms with Crippen molar-refractivity contribution in [3.63, 3.8) is 0 Å². The van der Waals surface area contributed by atoms with Gasteiger partial charge < -0.3 is 14.8 Å². The minimum absolute atomic E-state index is 0.399. The second kappa shape index (κ2) is 6.51. The predicted octanol–water partition coefficient (Wildman–Crippen LogP) is 2.00. The van der Waals surface area contributed by atoms with Gasteiger partial charge in [-0.05, 0) is 20.8 Å². The smallest absolute Gasteiger partial charge is 0.407 e. The lowest BCUT2D eigenvalue weighted by Crippen LogP contribution is -2.33. The van der Waals surface area contributed by atoms with Crippen molar-refractivity contribution in [2.75, 3.05) is 13.7 Å². The van der Waals surface area contributed by atoms with E-state index < -0.39 is 17.7 Å². The standard InChI is InChI=1S/C12H18N2O4S/c1-12(2,3)18-11(16)13-6-5-9-14-7-8(19-9)10(15)17-4/h7H,5-6H2,1-4H3,(H,13,16). The lowest BCUT2D eigenvalue weighted by atomic mass is 10.2. The number of aromatic nitrogens is 1. The zero-order chi connectivity index (χ0) is 14.5. The number of nitrogens with one attached hydrogen (secondary N) is 1. The molecule has 0 radical (unpaired) electrons. The summed E-state index contributed by atoms with van der Waals surface area (Å²) in [6.07, 6.45) is 1.55. The molecule has 1 aromatic heterocycles. The molecule has 0 spiro atoms. The molecule has 0 aromatic carbocycles. The number of hydrogen-bond donors (Lipinski definition) is 1. The van der Waals surface area contributed by atoms with Crippen LogP contribution in [0.5, 0.6) is 0 Å². The van der Waals surface area contributed by atoms with E-state index in [2.05, 4.69) is 15.0 Å². The van der Waals surface area contributed by atoms with Crippen molar-refractivity contribution >= 4 is 23.4 Å². The lowest BCUT2D eigenvalue weighted by Gasteiger charge is -2.19. The van der Waals surface area contributed by atoms with Crippen molar-refractivity contribution in [2.45, 2.75) is 32.8 Å². The van der Waals surface area contributed by atoms with Crippen LogP contribution in [0.2, 0.25) is 0 Å². The van der Waals surface area contributed by atoms with Gasteiger partial charge in [0.2, 0.25) is 0 Å². The second-order valence-corrected chi connectivity index (χ2v) is 5.90.